The van der Waals surface area contributed by atoms with Gasteiger partial charge in [0.1, 0.15) is 16.3 Å². The van der Waals surface area contributed by atoms with Crippen molar-refractivity contribution in [3.63, 3.8) is 0 Å². The summed E-state index contributed by atoms with van der Waals surface area (Å²) in [5.41, 5.74) is 0.782. The van der Waals surface area contributed by atoms with E-state index in [0.29, 0.717) is 23.1 Å². The number of carbonyl (C=O) groups excluding carboxylic acids is 2. The van der Waals surface area contributed by atoms with E-state index in [-0.39, 0.29) is 22.5 Å². The molecule has 1 N–H and O–H groups in total. The predicted molar refractivity (Wildman–Crippen MR) is 93.8 cm³/mol. The summed E-state index contributed by atoms with van der Waals surface area (Å²) in [7, 11) is 0. The molecule has 0 saturated heterocycles. The second kappa shape index (κ2) is 9.26. The van der Waals surface area contributed by atoms with Crippen molar-refractivity contribution >= 4 is 45.6 Å². The lowest BCUT2D eigenvalue weighted by atomic mass is 10.2. The lowest BCUT2D eigenvalue weighted by Gasteiger charge is -2.07. The van der Waals surface area contributed by atoms with Gasteiger partial charge in [-0.25, -0.2) is 9.59 Å². The van der Waals surface area contributed by atoms with E-state index in [4.69, 9.17) is 9.47 Å². The van der Waals surface area contributed by atoms with E-state index in [1.165, 1.54) is 0 Å². The Morgan fingerprint density at radius 1 is 1.26 bits per heavy atom. The van der Waals surface area contributed by atoms with E-state index in [1.807, 2.05) is 13.0 Å². The third kappa shape index (κ3) is 5.33. The number of amides is 1. The molecule has 0 fully saturated rings. The molecule has 0 bridgehead atoms. The molecule has 0 saturated carbocycles. The summed E-state index contributed by atoms with van der Waals surface area (Å²) in [6.07, 6.45) is 0.0423. The fraction of sp³-hybridized carbons (Fsp3) is 0.267. The van der Waals surface area contributed by atoms with Gasteiger partial charge >= 0.3 is 12.1 Å². The number of hydrogen-bond donors (Lipinski definition) is 1. The maximum absolute atomic E-state index is 12.0. The first-order valence-electron chi connectivity index (χ1n) is 6.79. The normalized spacial score (nSPS) is 9.65. The van der Waals surface area contributed by atoms with Crippen LogP contribution in [0.2, 0.25) is 0 Å². The molecular weight excluding hydrogens is 384 g/mol. The van der Waals surface area contributed by atoms with E-state index in [1.54, 1.807) is 31.2 Å². The third-order valence-electron chi connectivity index (χ3n) is 2.67. The molecule has 0 atom stereocenters. The van der Waals surface area contributed by atoms with Gasteiger partial charge in [0.25, 0.3) is 0 Å². The number of nitrogens with zero attached hydrogens (tertiary/aromatic N) is 1. The second-order valence-corrected chi connectivity index (χ2v) is 5.21. The van der Waals surface area contributed by atoms with Crippen LogP contribution in [0, 0.1) is 6.92 Å². The minimum atomic E-state index is -0.681. The van der Waals surface area contributed by atoms with Crippen LogP contribution in [0.1, 0.15) is 29.4 Å². The number of para-hydroxylation sites is 1. The minimum Gasteiger partial charge on any atom is -0.462 e. The molecule has 2 rings (SSSR count). The number of nitrogens with one attached hydrogen (secondary N) is 1. The van der Waals surface area contributed by atoms with Crippen LogP contribution in [0.15, 0.2) is 30.3 Å². The summed E-state index contributed by atoms with van der Waals surface area (Å²) < 4.78 is 14.3. The Balaban J connectivity index is 0.00000264. The van der Waals surface area contributed by atoms with Gasteiger partial charge in [0.15, 0.2) is 0 Å². The highest BCUT2D eigenvalue weighted by atomic mass is 79.9. The summed E-state index contributed by atoms with van der Waals surface area (Å²) in [6, 6.07) is 8.65. The Kier molecular flexibility index (Phi) is 7.70. The number of aromatic nitrogens is 1. The molecule has 23 heavy (non-hydrogen) atoms. The first-order chi connectivity index (χ1) is 10.6. The lowest BCUT2D eigenvalue weighted by molar-refractivity contribution is 0.0505. The lowest BCUT2D eigenvalue weighted by Crippen LogP contribution is -2.18. The van der Waals surface area contributed by atoms with Gasteiger partial charge < -0.3 is 9.47 Å². The minimum absolute atomic E-state index is 0. The van der Waals surface area contributed by atoms with Crippen molar-refractivity contribution in [3.05, 3.63) is 41.6 Å². The highest BCUT2D eigenvalue weighted by Crippen LogP contribution is 2.25. The standard InChI is InChI=1S/C15H16N2O4S.BrH/c1-3-9-20-14(18)12-10(2)17-22-13(12)16-15(19)21-11-7-5-4-6-8-11;/h4-8H,3,9H2,1-2H3,(H,16,19);1H. The molecule has 1 amide bonds. The molecule has 8 heteroatoms. The highest BCUT2D eigenvalue weighted by molar-refractivity contribution is 8.93. The van der Waals surface area contributed by atoms with Gasteiger partial charge in [0.2, 0.25) is 0 Å². The summed E-state index contributed by atoms with van der Waals surface area (Å²) in [5.74, 6) is -0.0838. The van der Waals surface area contributed by atoms with Crippen LogP contribution < -0.4 is 10.1 Å². The zero-order chi connectivity index (χ0) is 15.9. The van der Waals surface area contributed by atoms with E-state index in [9.17, 15) is 9.59 Å². The second-order valence-electron chi connectivity index (χ2n) is 4.44. The van der Waals surface area contributed by atoms with Crippen LogP contribution >= 0.6 is 28.5 Å². The number of esters is 1. The van der Waals surface area contributed by atoms with E-state index >= 15 is 0 Å². The van der Waals surface area contributed by atoms with Gasteiger partial charge in [-0.15, -0.1) is 17.0 Å². The molecule has 124 valence electrons. The predicted octanol–water partition coefficient (Wildman–Crippen LogP) is 4.21. The smallest absolute Gasteiger partial charge is 0.417 e. The summed E-state index contributed by atoms with van der Waals surface area (Å²) in [5, 5.41) is 2.85. The van der Waals surface area contributed by atoms with Crippen molar-refractivity contribution in [1.82, 2.24) is 4.37 Å². The van der Waals surface area contributed by atoms with Crippen molar-refractivity contribution in [3.8, 4) is 5.75 Å². The molecule has 2 aromatic rings. The molecule has 0 aliphatic rings. The number of halogens is 1. The van der Waals surface area contributed by atoms with E-state index < -0.39 is 12.1 Å². The molecule has 0 radical (unpaired) electrons. The zero-order valence-electron chi connectivity index (χ0n) is 12.7. The van der Waals surface area contributed by atoms with Crippen LogP contribution in [0.4, 0.5) is 9.80 Å². The van der Waals surface area contributed by atoms with Gasteiger partial charge in [0.05, 0.1) is 12.3 Å². The molecule has 1 heterocycles. The quantitative estimate of drug-likeness (QED) is 0.760. The number of aryl methyl sites for hydroxylation is 1. The topological polar surface area (TPSA) is 77.5 Å². The van der Waals surface area contributed by atoms with Gasteiger partial charge in [-0.05, 0) is 37.0 Å². The maximum Gasteiger partial charge on any atom is 0.417 e. The van der Waals surface area contributed by atoms with E-state index in [0.717, 1.165) is 18.0 Å². The third-order valence-corrected chi connectivity index (χ3v) is 3.53. The Morgan fingerprint density at radius 3 is 2.61 bits per heavy atom. The van der Waals surface area contributed by atoms with Crippen LogP contribution in [-0.2, 0) is 4.74 Å². The number of hydrogen-bond acceptors (Lipinski definition) is 6. The number of carbonyl (C=O) groups is 2. The first-order valence-corrected chi connectivity index (χ1v) is 7.56. The molecule has 0 aliphatic heterocycles. The summed E-state index contributed by atoms with van der Waals surface area (Å²) in [6.45, 7) is 3.91. The van der Waals surface area contributed by atoms with Gasteiger partial charge in [-0.2, -0.15) is 4.37 Å². The molecule has 0 aliphatic carbocycles. The molecule has 0 unspecified atom stereocenters. The van der Waals surface area contributed by atoms with Crippen LogP contribution in [-0.4, -0.2) is 23.0 Å². The SMILES string of the molecule is Br.CCCOC(=O)c1c(C)nsc1NC(=O)Oc1ccccc1. The Morgan fingerprint density at radius 2 is 1.96 bits per heavy atom. The first kappa shape index (κ1) is 19.1. The number of ether oxygens (including phenoxy) is 2. The Hall–Kier alpha value is -1.93. The van der Waals surface area contributed by atoms with Crippen LogP contribution in [0.25, 0.3) is 0 Å². The molecule has 1 aromatic heterocycles. The molecule has 0 spiro atoms. The fourth-order valence-corrected chi connectivity index (χ4v) is 2.45. The largest absolute Gasteiger partial charge is 0.462 e. The zero-order valence-corrected chi connectivity index (χ0v) is 15.2. The monoisotopic (exact) mass is 400 g/mol. The average Bonchev–Trinajstić information content (AvgIpc) is 2.86. The summed E-state index contributed by atoms with van der Waals surface area (Å²) in [4.78, 5) is 23.9. The van der Waals surface area contributed by atoms with Crippen molar-refractivity contribution in [1.29, 1.82) is 0 Å². The number of benzene rings is 1. The fourth-order valence-electron chi connectivity index (χ4n) is 1.68. The van der Waals surface area contributed by atoms with Crippen molar-refractivity contribution in [2.75, 3.05) is 11.9 Å². The van der Waals surface area contributed by atoms with Gasteiger partial charge in [-0.1, -0.05) is 25.1 Å². The molecule has 1 aromatic carbocycles. The molecular formula is C15H17BrN2O4S. The van der Waals surface area contributed by atoms with Gasteiger partial charge in [0, 0.05) is 0 Å². The maximum atomic E-state index is 12.0. The van der Waals surface area contributed by atoms with Crippen molar-refractivity contribution in [2.24, 2.45) is 0 Å². The number of anilines is 1. The van der Waals surface area contributed by atoms with Crippen LogP contribution in [0.5, 0.6) is 5.75 Å². The summed E-state index contributed by atoms with van der Waals surface area (Å²) >= 11 is 1.01. The van der Waals surface area contributed by atoms with E-state index in [2.05, 4.69) is 9.69 Å². The van der Waals surface area contributed by atoms with Crippen molar-refractivity contribution in [2.45, 2.75) is 20.3 Å². The number of rotatable bonds is 5. The Bertz CT molecular complexity index is 661. The van der Waals surface area contributed by atoms with Crippen molar-refractivity contribution < 1.29 is 19.1 Å². The van der Waals surface area contributed by atoms with Gasteiger partial charge in [-0.3, -0.25) is 5.32 Å². The Labute approximate surface area is 148 Å². The molecule has 6 nitrogen and oxygen atoms in total. The highest BCUT2D eigenvalue weighted by Gasteiger charge is 2.21. The average molecular weight is 401 g/mol. The van der Waals surface area contributed by atoms with Crippen LogP contribution in [0.3, 0.4) is 0 Å².